The molecule has 0 aliphatic rings. The van der Waals surface area contributed by atoms with Crippen LogP contribution in [0.3, 0.4) is 0 Å². The van der Waals surface area contributed by atoms with Gasteiger partial charge in [0.1, 0.15) is 12.3 Å². The molecule has 0 atom stereocenters. The predicted octanol–water partition coefficient (Wildman–Crippen LogP) is 3.25. The van der Waals surface area contributed by atoms with E-state index in [1.165, 1.54) is 0 Å². The summed E-state index contributed by atoms with van der Waals surface area (Å²) < 4.78 is 31.4. The number of hydrogen-bond donors (Lipinski definition) is 1. The number of amides is 1. The van der Waals surface area contributed by atoms with E-state index in [2.05, 4.69) is 21.2 Å². The van der Waals surface area contributed by atoms with Crippen LogP contribution in [0.1, 0.15) is 6.92 Å². The Kier molecular flexibility index (Phi) is 6.44. The summed E-state index contributed by atoms with van der Waals surface area (Å²) in [7, 11) is -3.64. The largest absolute Gasteiger partial charge is 0.492 e. The van der Waals surface area contributed by atoms with E-state index in [1.54, 1.807) is 48.5 Å². The lowest BCUT2D eigenvalue weighted by molar-refractivity contribution is -0.114. The second-order valence-corrected chi connectivity index (χ2v) is 7.96. The molecule has 0 saturated heterocycles. The van der Waals surface area contributed by atoms with Crippen molar-refractivity contribution < 1.29 is 17.9 Å². The van der Waals surface area contributed by atoms with E-state index >= 15 is 0 Å². The summed E-state index contributed by atoms with van der Waals surface area (Å²) in [4.78, 5) is 12.4. The van der Waals surface area contributed by atoms with Crippen LogP contribution in [0.4, 0.5) is 11.4 Å². The first kappa shape index (κ1) is 19.3. The summed E-state index contributed by atoms with van der Waals surface area (Å²) in [5.74, 6) is 0.0680. The molecule has 2 aromatic rings. The Hall–Kier alpha value is -2.06. The van der Waals surface area contributed by atoms with Crippen molar-refractivity contribution >= 4 is 43.2 Å². The Morgan fingerprint density at radius 2 is 1.80 bits per heavy atom. The van der Waals surface area contributed by atoms with Gasteiger partial charge in [-0.1, -0.05) is 24.3 Å². The van der Waals surface area contributed by atoms with Crippen LogP contribution >= 0.6 is 15.9 Å². The zero-order chi connectivity index (χ0) is 18.4. The van der Waals surface area contributed by atoms with Crippen molar-refractivity contribution in [2.45, 2.75) is 6.92 Å². The summed E-state index contributed by atoms with van der Waals surface area (Å²) in [5.41, 5.74) is 0.896. The third-order valence-electron chi connectivity index (χ3n) is 3.27. The normalized spacial score (nSPS) is 11.0. The van der Waals surface area contributed by atoms with E-state index < -0.39 is 15.9 Å². The van der Waals surface area contributed by atoms with Crippen LogP contribution in [-0.4, -0.2) is 33.7 Å². The van der Waals surface area contributed by atoms with E-state index in [0.29, 0.717) is 28.2 Å². The van der Waals surface area contributed by atoms with E-state index in [0.717, 1.165) is 10.6 Å². The Balaban J connectivity index is 2.23. The maximum atomic E-state index is 12.4. The fraction of sp³-hybridized carbons (Fsp3) is 0.235. The van der Waals surface area contributed by atoms with Gasteiger partial charge in [-0.05, 0) is 47.1 Å². The molecule has 0 heterocycles. The highest BCUT2D eigenvalue weighted by atomic mass is 79.9. The number of sulfonamides is 1. The molecule has 1 N–H and O–H groups in total. The lowest BCUT2D eigenvalue weighted by Crippen LogP contribution is -2.37. The first-order valence-electron chi connectivity index (χ1n) is 7.57. The Morgan fingerprint density at radius 1 is 1.16 bits per heavy atom. The molecule has 0 fully saturated rings. The Bertz CT molecular complexity index is 855. The van der Waals surface area contributed by atoms with E-state index in [9.17, 15) is 13.2 Å². The SMILES string of the molecule is CCOc1ccccc1NC(=O)CN(c1ccccc1Br)S(C)(=O)=O. The highest BCUT2D eigenvalue weighted by Gasteiger charge is 2.23. The van der Waals surface area contributed by atoms with Gasteiger partial charge in [-0.3, -0.25) is 9.10 Å². The van der Waals surface area contributed by atoms with Crippen molar-refractivity contribution in [3.63, 3.8) is 0 Å². The predicted molar refractivity (Wildman–Crippen MR) is 103 cm³/mol. The number of hydrogen-bond acceptors (Lipinski definition) is 4. The van der Waals surface area contributed by atoms with Crippen molar-refractivity contribution in [1.29, 1.82) is 0 Å². The summed E-state index contributed by atoms with van der Waals surface area (Å²) in [5, 5.41) is 2.70. The number of carbonyl (C=O) groups is 1. The molecule has 25 heavy (non-hydrogen) atoms. The van der Waals surface area contributed by atoms with Crippen LogP contribution in [0, 0.1) is 0 Å². The van der Waals surface area contributed by atoms with Gasteiger partial charge in [0, 0.05) is 4.47 Å². The summed E-state index contributed by atoms with van der Waals surface area (Å²) in [6.07, 6.45) is 1.06. The number of anilines is 2. The first-order chi connectivity index (χ1) is 11.8. The number of rotatable bonds is 7. The van der Waals surface area contributed by atoms with Crippen LogP contribution in [0.5, 0.6) is 5.75 Å². The summed E-state index contributed by atoms with van der Waals surface area (Å²) in [6, 6.07) is 13.8. The van der Waals surface area contributed by atoms with Gasteiger partial charge >= 0.3 is 0 Å². The third-order valence-corrected chi connectivity index (χ3v) is 5.07. The molecule has 0 aromatic heterocycles. The topological polar surface area (TPSA) is 75.7 Å². The highest BCUT2D eigenvalue weighted by molar-refractivity contribution is 9.10. The number of halogens is 1. The zero-order valence-electron chi connectivity index (χ0n) is 13.9. The molecule has 0 aliphatic carbocycles. The van der Waals surface area contributed by atoms with Gasteiger partial charge in [0.15, 0.2) is 0 Å². The molecule has 0 saturated carbocycles. The zero-order valence-corrected chi connectivity index (χ0v) is 16.3. The van der Waals surface area contributed by atoms with Crippen molar-refractivity contribution in [2.24, 2.45) is 0 Å². The third kappa shape index (κ3) is 5.20. The van der Waals surface area contributed by atoms with Gasteiger partial charge in [0.2, 0.25) is 15.9 Å². The molecular weight excluding hydrogens is 408 g/mol. The van der Waals surface area contributed by atoms with Gasteiger partial charge in [-0.2, -0.15) is 0 Å². The lowest BCUT2D eigenvalue weighted by atomic mass is 10.3. The van der Waals surface area contributed by atoms with Crippen molar-refractivity contribution in [3.8, 4) is 5.75 Å². The summed E-state index contributed by atoms with van der Waals surface area (Å²) >= 11 is 3.32. The van der Waals surface area contributed by atoms with Gasteiger partial charge in [0.25, 0.3) is 0 Å². The minimum atomic E-state index is -3.64. The monoisotopic (exact) mass is 426 g/mol. The maximum Gasteiger partial charge on any atom is 0.245 e. The van der Waals surface area contributed by atoms with Crippen LogP contribution in [0.2, 0.25) is 0 Å². The maximum absolute atomic E-state index is 12.4. The van der Waals surface area contributed by atoms with Gasteiger partial charge in [-0.15, -0.1) is 0 Å². The fourth-order valence-electron chi connectivity index (χ4n) is 2.21. The average Bonchev–Trinajstić information content (AvgIpc) is 2.54. The number of benzene rings is 2. The van der Waals surface area contributed by atoms with Crippen molar-refractivity contribution in [2.75, 3.05) is 29.0 Å². The fourth-order valence-corrected chi connectivity index (χ4v) is 3.69. The van der Waals surface area contributed by atoms with Crippen LogP contribution in [0.25, 0.3) is 0 Å². The van der Waals surface area contributed by atoms with Crippen LogP contribution in [-0.2, 0) is 14.8 Å². The lowest BCUT2D eigenvalue weighted by Gasteiger charge is -2.23. The smallest absolute Gasteiger partial charge is 0.245 e. The highest BCUT2D eigenvalue weighted by Crippen LogP contribution is 2.28. The summed E-state index contributed by atoms with van der Waals surface area (Å²) in [6.45, 7) is 1.96. The molecule has 6 nitrogen and oxygen atoms in total. The number of nitrogens with zero attached hydrogens (tertiary/aromatic N) is 1. The minimum absolute atomic E-state index is 0.345. The Morgan fingerprint density at radius 3 is 2.44 bits per heavy atom. The van der Waals surface area contributed by atoms with E-state index in [1.807, 2.05) is 6.92 Å². The van der Waals surface area contributed by atoms with Gasteiger partial charge in [0.05, 0.1) is 24.2 Å². The van der Waals surface area contributed by atoms with Gasteiger partial charge in [-0.25, -0.2) is 8.42 Å². The number of para-hydroxylation sites is 3. The molecule has 1 amide bonds. The van der Waals surface area contributed by atoms with Gasteiger partial charge < -0.3 is 10.1 Å². The van der Waals surface area contributed by atoms with Crippen molar-refractivity contribution in [1.82, 2.24) is 0 Å². The molecule has 0 bridgehead atoms. The van der Waals surface area contributed by atoms with E-state index in [4.69, 9.17) is 4.74 Å². The van der Waals surface area contributed by atoms with Crippen molar-refractivity contribution in [3.05, 3.63) is 53.0 Å². The number of nitrogens with one attached hydrogen (secondary N) is 1. The number of carbonyl (C=O) groups excluding carboxylic acids is 1. The quantitative estimate of drug-likeness (QED) is 0.736. The molecule has 134 valence electrons. The molecule has 8 heteroatoms. The van der Waals surface area contributed by atoms with E-state index in [-0.39, 0.29) is 6.54 Å². The molecule has 0 aliphatic heterocycles. The van der Waals surface area contributed by atoms with Crippen LogP contribution < -0.4 is 14.4 Å². The molecular formula is C17H19BrN2O4S. The molecule has 2 aromatic carbocycles. The average molecular weight is 427 g/mol. The molecule has 0 radical (unpaired) electrons. The first-order valence-corrected chi connectivity index (χ1v) is 10.2. The number of ether oxygens (including phenoxy) is 1. The Labute approximate surface area is 156 Å². The second-order valence-electron chi connectivity index (χ2n) is 5.20. The molecule has 2 rings (SSSR count). The standard InChI is InChI=1S/C17H19BrN2O4S/c1-3-24-16-11-7-5-9-14(16)19-17(21)12-20(25(2,22)23)15-10-6-4-8-13(15)18/h4-11H,3,12H2,1-2H3,(H,19,21). The molecule has 0 unspecified atom stereocenters. The molecule has 0 spiro atoms. The van der Waals surface area contributed by atoms with Crippen LogP contribution in [0.15, 0.2) is 53.0 Å². The second kappa shape index (κ2) is 8.35. The minimum Gasteiger partial charge on any atom is -0.492 e.